The molecule has 5 fully saturated rings. The molecule has 5 aliphatic heterocycles. The molecule has 0 aromatic carbocycles. The average molecular weight is 1720 g/mol. The van der Waals surface area contributed by atoms with Gasteiger partial charge in [0.1, 0.15) is 47.3 Å². The van der Waals surface area contributed by atoms with Crippen LogP contribution in [-0.4, -0.2) is 364 Å². The SMILES string of the molecule is CCCOCC1(C)OC(COS(=O)(=O)O)C(COCC2OC(C(=O)O)C(C)(COCC3(C)OC(COS(=O)(=O)O)C(COCC4OC(C(=O)O)C(C)(COCC5(C)OC(COS(=O)(=O)O)C(COC)C(O)C5NC(C)=O)C(O)C4O)C(OS(=O)(=O)O)C3NS(=O)(=O)O)C(O)C2OS(=O)(=O)O)C(O)C1NS(=O)(=O)O. The van der Waals surface area contributed by atoms with E-state index in [2.05, 4.69) is 17.9 Å². The molecule has 5 saturated heterocycles. The Hall–Kier alpha value is -3.14. The monoisotopic (exact) mass is 1720 g/mol. The minimum atomic E-state index is -5.98. The molecule has 17 N–H and O–H groups in total. The Morgan fingerprint density at radius 3 is 1.20 bits per heavy atom. The Labute approximate surface area is 619 Å². The fourth-order valence-electron chi connectivity index (χ4n) is 13.4. The van der Waals surface area contributed by atoms with Crippen molar-refractivity contribution in [1.82, 2.24) is 14.8 Å². The molecule has 0 aliphatic carbocycles. The summed E-state index contributed by atoms with van der Waals surface area (Å²) < 4.78 is 329. The third kappa shape index (κ3) is 26.5. The number of methoxy groups -OCH3 is 1. The van der Waals surface area contributed by atoms with Crippen LogP contribution in [0.4, 0.5) is 0 Å². The molecule has 50 nitrogen and oxygen atoms in total. The van der Waals surface area contributed by atoms with Crippen LogP contribution < -0.4 is 14.8 Å². The number of carbonyl (C=O) groups excluding carboxylic acids is 1. The van der Waals surface area contributed by atoms with E-state index in [4.69, 9.17) is 60.5 Å². The number of carbonyl (C=O) groups is 3. The van der Waals surface area contributed by atoms with Crippen LogP contribution in [-0.2, 0) is 160 Å². The topological polar surface area (TPSA) is 757 Å². The van der Waals surface area contributed by atoms with Crippen LogP contribution in [0.2, 0.25) is 0 Å². The molecule has 25 unspecified atom stereocenters. The largest absolute Gasteiger partial charge is 0.479 e. The van der Waals surface area contributed by atoms with E-state index >= 15 is 0 Å². The minimum Gasteiger partial charge on any atom is -0.479 e. The van der Waals surface area contributed by atoms with Crippen molar-refractivity contribution in [3.05, 3.63) is 0 Å². The zero-order valence-electron chi connectivity index (χ0n) is 58.2. The standard InChI is InChI=1S/C51H91N3O47S7/c1-9-10-87-21-50(6)39(53-102(65,66)67)34(57)26(29(98-50)17-93-105(74,75)76)12-88-15-32-37(101-108(83,84)85)42(60)48(4,44(96-32)46(63)64)20-91-23-51(7)40(54-103(68,69)70)36(100-107(80,81)82)27(30(99-51)18-94-106(77,78)79)13-89-14-31-35(58)41(59)47(3,43(95-31)45(61)62)19-90-22-49(5)38(52-24(2)55)33(56)25(11-86-8)28(97-49)16-92-104(71,72)73/h25-44,53-54,56-60H,9-23H2,1-8H3,(H,52,55)(H,61,62)(H,63,64)(H,65,66,67)(H,68,69,70)(H,71,72,73)(H,74,75,76)(H,77,78,79)(H,80,81,82)(H,83,84,85). The zero-order chi connectivity index (χ0) is 82.3. The summed E-state index contributed by atoms with van der Waals surface area (Å²) >= 11 is 0. The summed E-state index contributed by atoms with van der Waals surface area (Å²) in [5, 5.41) is 82.1. The molecule has 0 saturated carbocycles. The van der Waals surface area contributed by atoms with Gasteiger partial charge in [0.25, 0.3) is 0 Å². The van der Waals surface area contributed by atoms with E-state index in [1.165, 1.54) is 14.0 Å². The van der Waals surface area contributed by atoms with Gasteiger partial charge in [-0.3, -0.25) is 36.7 Å². The van der Waals surface area contributed by atoms with E-state index in [1.54, 1.807) is 16.4 Å². The Bertz CT molecular complexity index is 3890. The van der Waals surface area contributed by atoms with Crippen molar-refractivity contribution in [1.29, 1.82) is 0 Å². The predicted octanol–water partition coefficient (Wildman–Crippen LogP) is -8.17. The van der Waals surface area contributed by atoms with Crippen LogP contribution in [0.15, 0.2) is 0 Å². The third-order valence-electron chi connectivity index (χ3n) is 18.4. The number of hydrogen-bond donors (Lipinski definition) is 17. The van der Waals surface area contributed by atoms with Crippen LogP contribution in [0.25, 0.3) is 0 Å². The Kier molecular flexibility index (Phi) is 32.9. The van der Waals surface area contributed by atoms with Crippen molar-refractivity contribution < 1.29 is 214 Å². The van der Waals surface area contributed by atoms with Crippen molar-refractivity contribution in [3.8, 4) is 0 Å². The first kappa shape index (κ1) is 95.4. The minimum absolute atomic E-state index is 0.00465. The number of carboxylic acid groups (broad SMARTS) is 2. The molecule has 57 heteroatoms. The molecule has 108 heavy (non-hydrogen) atoms. The molecule has 634 valence electrons. The molecule has 1 amide bonds. The second-order valence-electron chi connectivity index (χ2n) is 27.1. The van der Waals surface area contributed by atoms with Crippen LogP contribution in [0.3, 0.4) is 0 Å². The summed E-state index contributed by atoms with van der Waals surface area (Å²) in [5.41, 5.74) is -11.6. The van der Waals surface area contributed by atoms with Crippen molar-refractivity contribution in [3.63, 3.8) is 0 Å². The van der Waals surface area contributed by atoms with Gasteiger partial charge in [-0.25, -0.2) is 30.5 Å². The number of carboxylic acids is 2. The number of aliphatic carboxylic acids is 2. The van der Waals surface area contributed by atoms with E-state index in [0.717, 1.165) is 34.6 Å². The fourth-order valence-corrected chi connectivity index (χ4v) is 16.7. The number of amides is 1. The van der Waals surface area contributed by atoms with Gasteiger partial charge in [-0.15, -0.1) is 0 Å². The smallest absolute Gasteiger partial charge is 0.397 e. The first-order valence-corrected chi connectivity index (χ1v) is 41.4. The van der Waals surface area contributed by atoms with Gasteiger partial charge in [0, 0.05) is 38.4 Å². The maximum absolute atomic E-state index is 13.2. The normalized spacial score (nSPS) is 37.7. The molecule has 0 aromatic heterocycles. The van der Waals surface area contributed by atoms with Crippen LogP contribution in [0.1, 0.15) is 54.9 Å². The molecule has 0 radical (unpaired) electrons. The summed E-state index contributed by atoms with van der Waals surface area (Å²) in [7, 11) is -37.6. The lowest BCUT2D eigenvalue weighted by molar-refractivity contribution is -0.271. The quantitative estimate of drug-likeness (QED) is 0.0199. The van der Waals surface area contributed by atoms with E-state index in [0.29, 0.717) is 6.42 Å². The summed E-state index contributed by atoms with van der Waals surface area (Å²) in [6, 6.07) is -5.90. The van der Waals surface area contributed by atoms with Gasteiger partial charge in [-0.1, -0.05) is 20.8 Å². The van der Waals surface area contributed by atoms with Gasteiger partial charge >= 0.3 is 84.5 Å². The number of nitrogens with one attached hydrogen (secondary N) is 3. The molecule has 0 bridgehead atoms. The third-order valence-corrected chi connectivity index (χ3v) is 21.7. The molecule has 0 aromatic rings. The number of rotatable bonds is 42. The molecule has 0 spiro atoms. The average Bonchev–Trinajstić information content (AvgIpc) is 0.764. The second kappa shape index (κ2) is 37.2. The molecule has 25 atom stereocenters. The number of ether oxygens (including phenoxy) is 11. The molecule has 5 aliphatic rings. The van der Waals surface area contributed by atoms with Gasteiger partial charge in [-0.05, 0) is 27.2 Å². The van der Waals surface area contributed by atoms with Crippen LogP contribution in [0, 0.1) is 28.6 Å². The highest BCUT2D eigenvalue weighted by Gasteiger charge is 2.63. The van der Waals surface area contributed by atoms with Crippen molar-refractivity contribution in [2.24, 2.45) is 28.6 Å². The van der Waals surface area contributed by atoms with E-state index < -0.39 is 319 Å². The fraction of sp³-hybridized carbons (Fsp3) is 0.941. The highest BCUT2D eigenvalue weighted by molar-refractivity contribution is 7.84. The van der Waals surface area contributed by atoms with Gasteiger partial charge in [0.2, 0.25) is 5.91 Å². The van der Waals surface area contributed by atoms with Gasteiger partial charge in [0.15, 0.2) is 12.2 Å². The number of aliphatic hydroxyl groups excluding tert-OH is 5. The highest BCUT2D eigenvalue weighted by atomic mass is 32.3. The summed E-state index contributed by atoms with van der Waals surface area (Å²) in [6.45, 7) is -5.70. The van der Waals surface area contributed by atoms with Gasteiger partial charge < -0.3 is 93.2 Å². The van der Waals surface area contributed by atoms with Gasteiger partial charge in [0.05, 0.1) is 158 Å². The Balaban J connectivity index is 1.43. The Morgan fingerprint density at radius 2 is 0.787 bits per heavy atom. The van der Waals surface area contributed by atoms with Gasteiger partial charge in [-0.2, -0.15) is 68.4 Å². The molecular weight excluding hydrogens is 1630 g/mol. The van der Waals surface area contributed by atoms with E-state index in [1.807, 2.05) is 0 Å². The predicted molar refractivity (Wildman–Crippen MR) is 345 cm³/mol. The van der Waals surface area contributed by atoms with E-state index in [-0.39, 0.29) is 13.2 Å². The van der Waals surface area contributed by atoms with Crippen LogP contribution >= 0.6 is 0 Å². The lowest BCUT2D eigenvalue weighted by Crippen LogP contribution is -2.70. The van der Waals surface area contributed by atoms with Crippen LogP contribution in [0.5, 0.6) is 0 Å². The van der Waals surface area contributed by atoms with Crippen molar-refractivity contribution in [2.45, 2.75) is 175 Å². The zero-order valence-corrected chi connectivity index (χ0v) is 64.0. The Morgan fingerprint density at radius 1 is 0.417 bits per heavy atom. The molecule has 5 heterocycles. The first-order valence-electron chi connectivity index (χ1n) is 31.7. The second-order valence-corrected chi connectivity index (χ2v) is 34.8. The maximum Gasteiger partial charge on any atom is 0.397 e. The lowest BCUT2D eigenvalue weighted by atomic mass is 9.73. The maximum atomic E-state index is 13.2. The summed E-state index contributed by atoms with van der Waals surface area (Å²) in [5.74, 6) is -9.70. The lowest BCUT2D eigenvalue weighted by Gasteiger charge is -2.52. The van der Waals surface area contributed by atoms with E-state index in [9.17, 15) is 141 Å². The van der Waals surface area contributed by atoms with Crippen molar-refractivity contribution >= 4 is 90.4 Å². The van der Waals surface area contributed by atoms with Crippen molar-refractivity contribution in [2.75, 3.05) is 99.6 Å². The summed E-state index contributed by atoms with van der Waals surface area (Å²) in [4.78, 5) is 38.6. The molecular formula is C51H91N3O47S7. The molecule has 5 rings (SSSR count). The highest BCUT2D eigenvalue weighted by Crippen LogP contribution is 2.45. The summed E-state index contributed by atoms with van der Waals surface area (Å²) in [6.07, 6.45) is -30.1. The number of aliphatic hydroxyl groups is 5. The first-order chi connectivity index (χ1) is 49.2. The number of hydrogen-bond acceptors (Lipinski definition) is 38.